The van der Waals surface area contributed by atoms with E-state index in [4.69, 9.17) is 19.8 Å². The highest BCUT2D eigenvalue weighted by Crippen LogP contribution is 2.29. The van der Waals surface area contributed by atoms with Crippen LogP contribution in [0.15, 0.2) is 18.6 Å². The van der Waals surface area contributed by atoms with Gasteiger partial charge < -0.3 is 25.2 Å². The van der Waals surface area contributed by atoms with Gasteiger partial charge in [-0.15, -0.1) is 0 Å². The van der Waals surface area contributed by atoms with E-state index in [0.717, 1.165) is 51.5 Å². The number of fused-ring (bicyclic) bond motifs is 1. The quantitative estimate of drug-likeness (QED) is 0.379. The van der Waals surface area contributed by atoms with Crippen molar-refractivity contribution in [2.24, 2.45) is 0 Å². The van der Waals surface area contributed by atoms with Crippen molar-refractivity contribution in [2.45, 2.75) is 32.2 Å². The largest absolute Gasteiger partial charge is 0.411 e. The van der Waals surface area contributed by atoms with Crippen LogP contribution in [0.4, 0.5) is 30.8 Å². The summed E-state index contributed by atoms with van der Waals surface area (Å²) in [6.07, 6.45) is -1.34. The smallest absolute Gasteiger partial charge is 0.370 e. The van der Waals surface area contributed by atoms with Gasteiger partial charge in [-0.05, 0) is 20.0 Å². The van der Waals surface area contributed by atoms with E-state index < -0.39 is 12.8 Å². The van der Waals surface area contributed by atoms with Crippen molar-refractivity contribution in [3.63, 3.8) is 0 Å². The summed E-state index contributed by atoms with van der Waals surface area (Å²) in [7, 11) is 2.10. The number of ether oxygens (including phenoxy) is 1. The average molecular weight is 550 g/mol. The van der Waals surface area contributed by atoms with E-state index in [0.29, 0.717) is 35.2 Å². The summed E-state index contributed by atoms with van der Waals surface area (Å²) in [4.78, 5) is 24.8. The zero-order chi connectivity index (χ0) is 27.4. The minimum Gasteiger partial charge on any atom is -0.370 e. The number of nitrogens with zero attached hydrogens (tertiary/aromatic N) is 9. The Bertz CT molecular complexity index is 1230. The fourth-order valence-electron chi connectivity index (χ4n) is 4.79. The summed E-state index contributed by atoms with van der Waals surface area (Å²) in [6, 6.07) is 1.99. The number of rotatable bonds is 9. The lowest BCUT2D eigenvalue weighted by molar-refractivity contribution is -0.174. The van der Waals surface area contributed by atoms with Crippen molar-refractivity contribution < 1.29 is 17.9 Å². The number of hydrogen-bond donors (Lipinski definition) is 2. The Morgan fingerprint density at radius 3 is 2.69 bits per heavy atom. The van der Waals surface area contributed by atoms with E-state index in [1.807, 2.05) is 0 Å². The van der Waals surface area contributed by atoms with Crippen molar-refractivity contribution in [3.8, 4) is 0 Å². The lowest BCUT2D eigenvalue weighted by Crippen LogP contribution is -2.49. The van der Waals surface area contributed by atoms with Crippen LogP contribution in [0.5, 0.6) is 0 Å². The summed E-state index contributed by atoms with van der Waals surface area (Å²) in [5.74, 6) is 1.58. The first-order chi connectivity index (χ1) is 18.7. The SMILES string of the molecule is C[C@@H]1CN(c2nc(Nc3ccncn3)c3c(n2)c(CN2CCN(C)CC2)nn3CCOCC(F)(F)F)CCN1. The molecule has 39 heavy (non-hydrogen) atoms. The predicted octanol–water partition coefficient (Wildman–Crippen LogP) is 1.48. The van der Waals surface area contributed by atoms with E-state index >= 15 is 0 Å². The number of likely N-dealkylation sites (N-methyl/N-ethyl adjacent to an activating group) is 1. The van der Waals surface area contributed by atoms with Crippen molar-refractivity contribution in [1.29, 1.82) is 0 Å². The molecule has 212 valence electrons. The molecule has 2 N–H and O–H groups in total. The third kappa shape index (κ3) is 7.09. The molecule has 0 spiro atoms. The predicted molar refractivity (Wildman–Crippen MR) is 140 cm³/mol. The van der Waals surface area contributed by atoms with Crippen LogP contribution in [0.25, 0.3) is 11.0 Å². The van der Waals surface area contributed by atoms with Crippen molar-refractivity contribution in [3.05, 3.63) is 24.3 Å². The Labute approximate surface area is 224 Å². The highest BCUT2D eigenvalue weighted by Gasteiger charge is 2.28. The van der Waals surface area contributed by atoms with Crippen LogP contribution < -0.4 is 15.5 Å². The lowest BCUT2D eigenvalue weighted by Gasteiger charge is -2.32. The molecule has 0 aromatic carbocycles. The van der Waals surface area contributed by atoms with Crippen LogP contribution >= 0.6 is 0 Å². The van der Waals surface area contributed by atoms with Gasteiger partial charge in [0.2, 0.25) is 5.95 Å². The number of anilines is 3. The summed E-state index contributed by atoms with van der Waals surface area (Å²) in [5, 5.41) is 11.5. The highest BCUT2D eigenvalue weighted by atomic mass is 19.4. The van der Waals surface area contributed by atoms with Crippen molar-refractivity contribution >= 4 is 28.6 Å². The first kappa shape index (κ1) is 27.4. The monoisotopic (exact) mass is 549 g/mol. The zero-order valence-corrected chi connectivity index (χ0v) is 22.2. The van der Waals surface area contributed by atoms with Gasteiger partial charge >= 0.3 is 6.18 Å². The van der Waals surface area contributed by atoms with Gasteiger partial charge in [0.05, 0.1) is 13.2 Å². The summed E-state index contributed by atoms with van der Waals surface area (Å²) >= 11 is 0. The molecule has 5 heterocycles. The normalized spacial score (nSPS) is 19.6. The molecule has 0 saturated carbocycles. The Morgan fingerprint density at radius 1 is 1.15 bits per heavy atom. The molecular formula is C24H34F3N11O. The first-order valence-corrected chi connectivity index (χ1v) is 13.1. The third-order valence-electron chi connectivity index (χ3n) is 6.81. The second-order valence-corrected chi connectivity index (χ2v) is 10.0. The Balaban J connectivity index is 1.54. The van der Waals surface area contributed by atoms with Gasteiger partial charge in [0.25, 0.3) is 0 Å². The molecule has 12 nitrogen and oxygen atoms in total. The molecule has 2 fully saturated rings. The molecule has 3 aromatic heterocycles. The van der Waals surface area contributed by atoms with Crippen molar-refractivity contribution in [2.75, 3.05) is 76.3 Å². The Hall–Kier alpha value is -3.14. The van der Waals surface area contributed by atoms with E-state index in [1.165, 1.54) is 6.33 Å². The molecule has 0 bridgehead atoms. The van der Waals surface area contributed by atoms with Crippen LogP contribution in [-0.4, -0.2) is 118 Å². The maximum absolute atomic E-state index is 12.7. The van der Waals surface area contributed by atoms with Crippen molar-refractivity contribution in [1.82, 2.24) is 44.8 Å². The van der Waals surface area contributed by atoms with E-state index in [2.05, 4.69) is 49.3 Å². The second kappa shape index (κ2) is 11.9. The van der Waals surface area contributed by atoms with Gasteiger partial charge in [0, 0.05) is 64.6 Å². The molecule has 5 rings (SSSR count). The molecule has 0 aliphatic carbocycles. The summed E-state index contributed by atoms with van der Waals surface area (Å²) in [6.45, 7) is 7.29. The topological polar surface area (TPSA) is 112 Å². The van der Waals surface area contributed by atoms with Gasteiger partial charge in [-0.2, -0.15) is 23.3 Å². The van der Waals surface area contributed by atoms with Gasteiger partial charge in [-0.1, -0.05) is 0 Å². The molecule has 0 unspecified atom stereocenters. The molecule has 1 atom stereocenters. The number of piperazine rings is 2. The summed E-state index contributed by atoms with van der Waals surface area (Å²) in [5.41, 5.74) is 2.01. The minimum atomic E-state index is -4.39. The van der Waals surface area contributed by atoms with E-state index in [9.17, 15) is 13.2 Å². The standard InChI is InChI=1S/C24H34F3N11O/c1-17-13-37(6-5-29-17)23-32-20-18(14-36-9-7-35(2)8-10-36)34-38(11-12-39-15-24(25,26)27)21(20)22(33-23)31-19-3-4-28-16-30-19/h3-4,16-17,29H,5-15H2,1-2H3,(H,28,30,31,32,33)/t17-/m1/s1. The van der Waals surface area contributed by atoms with Crippen LogP contribution in [0, 0.1) is 0 Å². The highest BCUT2D eigenvalue weighted by molar-refractivity contribution is 5.90. The molecule has 2 aliphatic rings. The Morgan fingerprint density at radius 2 is 1.97 bits per heavy atom. The molecule has 3 aromatic rings. The number of alkyl halides is 3. The van der Waals surface area contributed by atoms with Crippen LogP contribution in [-0.2, 0) is 17.8 Å². The van der Waals surface area contributed by atoms with Gasteiger partial charge in [0.15, 0.2) is 5.82 Å². The molecule has 0 radical (unpaired) electrons. The zero-order valence-electron chi connectivity index (χ0n) is 22.2. The molecule has 15 heteroatoms. The van der Waals surface area contributed by atoms with Gasteiger partial charge in [0.1, 0.15) is 35.5 Å². The molecule has 0 amide bonds. The summed E-state index contributed by atoms with van der Waals surface area (Å²) < 4.78 is 44.6. The lowest BCUT2D eigenvalue weighted by atomic mass is 10.2. The number of halogens is 3. The second-order valence-electron chi connectivity index (χ2n) is 10.0. The third-order valence-corrected chi connectivity index (χ3v) is 6.81. The van der Waals surface area contributed by atoms with Crippen LogP contribution in [0.1, 0.15) is 12.6 Å². The maximum Gasteiger partial charge on any atom is 0.411 e. The minimum absolute atomic E-state index is 0.112. The fourth-order valence-corrected chi connectivity index (χ4v) is 4.79. The van der Waals surface area contributed by atoms with Gasteiger partial charge in [-0.25, -0.2) is 15.0 Å². The van der Waals surface area contributed by atoms with E-state index in [1.54, 1.807) is 16.9 Å². The first-order valence-electron chi connectivity index (χ1n) is 13.1. The Kier molecular flexibility index (Phi) is 8.40. The molecular weight excluding hydrogens is 515 g/mol. The number of aromatic nitrogens is 6. The average Bonchev–Trinajstić information content (AvgIpc) is 3.25. The maximum atomic E-state index is 12.7. The molecule has 2 aliphatic heterocycles. The molecule has 2 saturated heterocycles. The number of nitrogens with one attached hydrogen (secondary N) is 2. The fraction of sp³-hybridized carbons (Fsp3) is 0.625. The van der Waals surface area contributed by atoms with E-state index in [-0.39, 0.29) is 19.2 Å². The van der Waals surface area contributed by atoms with Gasteiger partial charge in [-0.3, -0.25) is 9.58 Å². The van der Waals surface area contributed by atoms with Crippen LogP contribution in [0.3, 0.4) is 0 Å². The van der Waals surface area contributed by atoms with Crippen LogP contribution in [0.2, 0.25) is 0 Å². The number of hydrogen-bond acceptors (Lipinski definition) is 11.